The Hall–Kier alpha value is -1.06. The molecule has 0 bridgehead atoms. The summed E-state index contributed by atoms with van der Waals surface area (Å²) in [5.41, 5.74) is 7.01. The van der Waals surface area contributed by atoms with Gasteiger partial charge in [0.1, 0.15) is 5.75 Å². The van der Waals surface area contributed by atoms with Crippen LogP contribution in [0.4, 0.5) is 0 Å². The molecule has 2 atom stereocenters. The maximum absolute atomic E-state index is 5.71. The number of rotatable bonds is 3. The topological polar surface area (TPSA) is 44.5 Å². The van der Waals surface area contributed by atoms with Crippen LogP contribution in [-0.4, -0.2) is 26.9 Å². The Kier molecular flexibility index (Phi) is 3.23. The first-order valence-electron chi connectivity index (χ1n) is 5.27. The van der Waals surface area contributed by atoms with Gasteiger partial charge in [-0.25, -0.2) is 0 Å². The fourth-order valence-corrected chi connectivity index (χ4v) is 2.05. The molecule has 2 rings (SSSR count). The Bertz CT molecular complexity index is 310. The maximum Gasteiger partial charge on any atom is 0.118 e. The van der Waals surface area contributed by atoms with E-state index < -0.39 is 0 Å². The van der Waals surface area contributed by atoms with E-state index in [1.54, 1.807) is 7.11 Å². The Morgan fingerprint density at radius 1 is 1.33 bits per heavy atom. The number of benzene rings is 1. The van der Waals surface area contributed by atoms with E-state index in [0.29, 0.717) is 18.4 Å². The van der Waals surface area contributed by atoms with E-state index in [-0.39, 0.29) is 0 Å². The van der Waals surface area contributed by atoms with Crippen LogP contribution < -0.4 is 10.5 Å². The lowest BCUT2D eigenvalue weighted by molar-refractivity contribution is 0.185. The van der Waals surface area contributed by atoms with Gasteiger partial charge in [-0.1, -0.05) is 12.1 Å². The van der Waals surface area contributed by atoms with Crippen molar-refractivity contribution in [3.63, 3.8) is 0 Å². The molecular formula is C12H17NO2. The van der Waals surface area contributed by atoms with Crippen LogP contribution in [0.5, 0.6) is 5.75 Å². The molecule has 1 aromatic rings. The first-order valence-corrected chi connectivity index (χ1v) is 5.27. The largest absolute Gasteiger partial charge is 0.497 e. The van der Waals surface area contributed by atoms with Crippen molar-refractivity contribution in [2.45, 2.75) is 5.92 Å². The third-order valence-electron chi connectivity index (χ3n) is 3.05. The Labute approximate surface area is 90.2 Å². The fourth-order valence-electron chi connectivity index (χ4n) is 2.05. The molecule has 15 heavy (non-hydrogen) atoms. The van der Waals surface area contributed by atoms with Gasteiger partial charge in [-0.3, -0.25) is 0 Å². The number of ether oxygens (including phenoxy) is 2. The van der Waals surface area contributed by atoms with Crippen molar-refractivity contribution in [2.24, 2.45) is 11.7 Å². The van der Waals surface area contributed by atoms with Gasteiger partial charge in [0.25, 0.3) is 0 Å². The minimum absolute atomic E-state index is 0.445. The number of hydrogen-bond acceptors (Lipinski definition) is 3. The van der Waals surface area contributed by atoms with E-state index in [9.17, 15) is 0 Å². The molecule has 3 heteroatoms. The van der Waals surface area contributed by atoms with Gasteiger partial charge < -0.3 is 15.2 Å². The van der Waals surface area contributed by atoms with Crippen molar-refractivity contribution in [3.05, 3.63) is 29.8 Å². The quantitative estimate of drug-likeness (QED) is 0.814. The molecule has 0 spiro atoms. The summed E-state index contributed by atoms with van der Waals surface area (Å²) in [6.07, 6.45) is 0. The zero-order chi connectivity index (χ0) is 10.7. The molecule has 82 valence electrons. The Morgan fingerprint density at radius 3 is 2.67 bits per heavy atom. The van der Waals surface area contributed by atoms with Crippen LogP contribution in [0, 0.1) is 5.92 Å². The highest BCUT2D eigenvalue weighted by Gasteiger charge is 2.28. The predicted molar refractivity (Wildman–Crippen MR) is 59.1 cm³/mol. The number of nitrogens with two attached hydrogens (primary N) is 1. The summed E-state index contributed by atoms with van der Waals surface area (Å²) in [6.45, 7) is 2.26. The van der Waals surface area contributed by atoms with E-state index >= 15 is 0 Å². The first-order chi connectivity index (χ1) is 7.35. The Balaban J connectivity index is 2.14. The predicted octanol–water partition coefficient (Wildman–Crippen LogP) is 1.38. The van der Waals surface area contributed by atoms with Crippen LogP contribution in [0.25, 0.3) is 0 Å². The molecule has 0 aliphatic carbocycles. The van der Waals surface area contributed by atoms with Crippen LogP contribution >= 0.6 is 0 Å². The average Bonchev–Trinajstić information content (AvgIpc) is 2.77. The molecule has 1 heterocycles. The third-order valence-corrected chi connectivity index (χ3v) is 3.05. The van der Waals surface area contributed by atoms with E-state index in [0.717, 1.165) is 19.0 Å². The SMILES string of the molecule is COc1ccc(C2COCC2CN)cc1. The van der Waals surface area contributed by atoms with Gasteiger partial charge in [0.15, 0.2) is 0 Å². The van der Waals surface area contributed by atoms with Gasteiger partial charge in [-0.15, -0.1) is 0 Å². The van der Waals surface area contributed by atoms with Crippen LogP contribution in [0.2, 0.25) is 0 Å². The maximum atomic E-state index is 5.71. The summed E-state index contributed by atoms with van der Waals surface area (Å²) in [5, 5.41) is 0. The van der Waals surface area contributed by atoms with Gasteiger partial charge in [0.05, 0.1) is 20.3 Å². The molecule has 0 aromatic heterocycles. The summed E-state index contributed by atoms with van der Waals surface area (Å²) >= 11 is 0. The van der Waals surface area contributed by atoms with E-state index in [4.69, 9.17) is 15.2 Å². The molecule has 0 amide bonds. The summed E-state index contributed by atoms with van der Waals surface area (Å²) < 4.78 is 10.6. The van der Waals surface area contributed by atoms with Gasteiger partial charge in [0.2, 0.25) is 0 Å². The molecule has 1 saturated heterocycles. The minimum Gasteiger partial charge on any atom is -0.497 e. The van der Waals surface area contributed by atoms with Crippen molar-refractivity contribution in [1.82, 2.24) is 0 Å². The van der Waals surface area contributed by atoms with E-state index in [1.807, 2.05) is 12.1 Å². The van der Waals surface area contributed by atoms with Gasteiger partial charge in [-0.2, -0.15) is 0 Å². The van der Waals surface area contributed by atoms with Crippen LogP contribution in [0.1, 0.15) is 11.5 Å². The normalized spacial score (nSPS) is 25.5. The zero-order valence-electron chi connectivity index (χ0n) is 8.98. The smallest absolute Gasteiger partial charge is 0.118 e. The van der Waals surface area contributed by atoms with Crippen LogP contribution in [-0.2, 0) is 4.74 Å². The Morgan fingerprint density at radius 2 is 2.07 bits per heavy atom. The number of methoxy groups -OCH3 is 1. The van der Waals surface area contributed by atoms with Gasteiger partial charge >= 0.3 is 0 Å². The van der Waals surface area contributed by atoms with E-state index in [1.165, 1.54) is 5.56 Å². The lowest BCUT2D eigenvalue weighted by Crippen LogP contribution is -2.20. The molecule has 1 fully saturated rings. The van der Waals surface area contributed by atoms with Crippen molar-refractivity contribution < 1.29 is 9.47 Å². The molecule has 1 aliphatic heterocycles. The monoisotopic (exact) mass is 207 g/mol. The molecule has 2 N–H and O–H groups in total. The van der Waals surface area contributed by atoms with Crippen LogP contribution in [0.15, 0.2) is 24.3 Å². The highest BCUT2D eigenvalue weighted by atomic mass is 16.5. The molecule has 1 aromatic carbocycles. The molecule has 2 unspecified atom stereocenters. The first kappa shape index (κ1) is 10.5. The summed E-state index contributed by atoms with van der Waals surface area (Å²) in [6, 6.07) is 8.17. The van der Waals surface area contributed by atoms with Crippen LogP contribution in [0.3, 0.4) is 0 Å². The highest BCUT2D eigenvalue weighted by Crippen LogP contribution is 2.30. The van der Waals surface area contributed by atoms with Crippen molar-refractivity contribution in [3.8, 4) is 5.75 Å². The second-order valence-corrected chi connectivity index (χ2v) is 3.91. The lowest BCUT2D eigenvalue weighted by atomic mass is 9.89. The second kappa shape index (κ2) is 4.64. The summed E-state index contributed by atoms with van der Waals surface area (Å²) in [4.78, 5) is 0. The highest BCUT2D eigenvalue weighted by molar-refractivity contribution is 5.30. The molecule has 3 nitrogen and oxygen atoms in total. The summed E-state index contributed by atoms with van der Waals surface area (Å²) in [7, 11) is 1.68. The van der Waals surface area contributed by atoms with Gasteiger partial charge in [-0.05, 0) is 24.2 Å². The summed E-state index contributed by atoms with van der Waals surface area (Å²) in [5.74, 6) is 1.79. The lowest BCUT2D eigenvalue weighted by Gasteiger charge is -2.16. The molecule has 1 aliphatic rings. The zero-order valence-corrected chi connectivity index (χ0v) is 8.98. The minimum atomic E-state index is 0.445. The second-order valence-electron chi connectivity index (χ2n) is 3.91. The fraction of sp³-hybridized carbons (Fsp3) is 0.500. The molecule has 0 saturated carbocycles. The number of hydrogen-bond donors (Lipinski definition) is 1. The third kappa shape index (κ3) is 2.13. The molecule has 0 radical (unpaired) electrons. The van der Waals surface area contributed by atoms with Gasteiger partial charge in [0, 0.05) is 11.8 Å². The van der Waals surface area contributed by atoms with E-state index in [2.05, 4.69) is 12.1 Å². The average molecular weight is 207 g/mol. The van der Waals surface area contributed by atoms with Crippen molar-refractivity contribution in [2.75, 3.05) is 26.9 Å². The van der Waals surface area contributed by atoms with Crippen molar-refractivity contribution in [1.29, 1.82) is 0 Å². The molecular weight excluding hydrogens is 190 g/mol. The van der Waals surface area contributed by atoms with Crippen molar-refractivity contribution >= 4 is 0 Å². The standard InChI is InChI=1S/C12H17NO2/c1-14-11-4-2-9(3-5-11)12-8-15-7-10(12)6-13/h2-5,10,12H,6-8,13H2,1H3.